The van der Waals surface area contributed by atoms with Crippen LogP contribution in [0.15, 0.2) is 42.5 Å². The van der Waals surface area contributed by atoms with Gasteiger partial charge < -0.3 is 10.8 Å². The van der Waals surface area contributed by atoms with E-state index in [0.29, 0.717) is 23.1 Å². The van der Waals surface area contributed by atoms with Crippen LogP contribution in [-0.2, 0) is 14.6 Å². The summed E-state index contributed by atoms with van der Waals surface area (Å²) in [5, 5.41) is 9.18. The second kappa shape index (κ2) is 5.00. The molecule has 2 rings (SSSR count). The van der Waals surface area contributed by atoms with Crippen molar-refractivity contribution < 1.29 is 22.7 Å². The van der Waals surface area contributed by atoms with Crippen LogP contribution in [0.2, 0.25) is 0 Å². The molecule has 0 fully saturated rings. The molecule has 1 aromatic carbocycles. The van der Waals surface area contributed by atoms with Crippen molar-refractivity contribution in [1.82, 2.24) is 0 Å². The van der Waals surface area contributed by atoms with Gasteiger partial charge in [-0.1, -0.05) is 24.3 Å². The maximum Gasteiger partial charge on any atom is 0.332 e. The highest BCUT2D eigenvalue weighted by molar-refractivity contribution is 7.93. The molecule has 2 unspecified atom stereocenters. The number of nitrogen functional groups attached to an aromatic ring is 1. The molecular formula is C14H14FNO4S. The number of anilines is 1. The Morgan fingerprint density at radius 3 is 2.48 bits per heavy atom. The van der Waals surface area contributed by atoms with Gasteiger partial charge in [-0.2, -0.15) is 0 Å². The summed E-state index contributed by atoms with van der Waals surface area (Å²) in [4.78, 5) is 11.3. The number of halogens is 1. The van der Waals surface area contributed by atoms with E-state index in [1.165, 1.54) is 6.08 Å². The van der Waals surface area contributed by atoms with Crippen LogP contribution in [0, 0.1) is 0 Å². The zero-order valence-electron chi connectivity index (χ0n) is 11.2. The van der Waals surface area contributed by atoms with E-state index in [0.717, 1.165) is 12.2 Å². The van der Waals surface area contributed by atoms with Crippen LogP contribution in [-0.4, -0.2) is 36.7 Å². The maximum atomic E-state index is 14.4. The lowest BCUT2D eigenvalue weighted by molar-refractivity contribution is -0.139. The van der Waals surface area contributed by atoms with Gasteiger partial charge in [-0.25, -0.2) is 12.8 Å². The number of sulfone groups is 1. The van der Waals surface area contributed by atoms with Gasteiger partial charge in [0.15, 0.2) is 16.0 Å². The summed E-state index contributed by atoms with van der Waals surface area (Å²) < 4.78 is 35.3. The topological polar surface area (TPSA) is 97.5 Å². The van der Waals surface area contributed by atoms with Crippen LogP contribution in [0.3, 0.4) is 0 Å². The fourth-order valence-corrected chi connectivity index (χ4v) is 3.37. The van der Waals surface area contributed by atoms with Gasteiger partial charge in [-0.3, -0.25) is 4.79 Å². The minimum absolute atomic E-state index is 0.348. The summed E-state index contributed by atoms with van der Waals surface area (Å²) in [6.07, 6.45) is 1.62. The average Bonchev–Trinajstić information content (AvgIpc) is 2.37. The molecule has 1 aliphatic rings. The molecule has 3 N–H and O–H groups in total. The number of carbonyl (C=O) groups is 1. The first-order valence-electron chi connectivity index (χ1n) is 6.03. The number of nitrogens with two attached hydrogens (primary N) is 1. The molecule has 0 bridgehead atoms. The first-order chi connectivity index (χ1) is 9.70. The number of alkyl halides is 1. The van der Waals surface area contributed by atoms with Crippen molar-refractivity contribution in [3.63, 3.8) is 0 Å². The first kappa shape index (κ1) is 15.2. The number of hydrogen-bond donors (Lipinski definition) is 2. The summed E-state index contributed by atoms with van der Waals surface area (Å²) in [5.41, 5.74) is 7.04. The maximum absolute atomic E-state index is 14.4. The third-order valence-electron chi connectivity index (χ3n) is 3.47. The SMILES string of the molecule is CS(=O)(=O)C1(C(=O)O)C=CC(c2ccccc2N)=CC1F. The minimum Gasteiger partial charge on any atom is -0.480 e. The molecule has 21 heavy (non-hydrogen) atoms. The predicted molar refractivity (Wildman–Crippen MR) is 78.1 cm³/mol. The van der Waals surface area contributed by atoms with E-state index in [9.17, 15) is 22.7 Å². The third kappa shape index (κ3) is 2.33. The quantitative estimate of drug-likeness (QED) is 0.823. The summed E-state index contributed by atoms with van der Waals surface area (Å²) >= 11 is 0. The van der Waals surface area contributed by atoms with E-state index in [2.05, 4.69) is 0 Å². The Bertz CT molecular complexity index is 754. The van der Waals surface area contributed by atoms with Gasteiger partial charge in [0, 0.05) is 17.5 Å². The van der Waals surface area contributed by atoms with Crippen molar-refractivity contribution in [2.45, 2.75) is 10.9 Å². The van der Waals surface area contributed by atoms with Crippen molar-refractivity contribution in [3.8, 4) is 0 Å². The molecule has 0 aromatic heterocycles. The van der Waals surface area contributed by atoms with Crippen molar-refractivity contribution in [2.24, 2.45) is 0 Å². The molecule has 0 aliphatic heterocycles. The fourth-order valence-electron chi connectivity index (χ4n) is 2.26. The molecule has 2 atom stereocenters. The Hall–Kier alpha value is -2.15. The van der Waals surface area contributed by atoms with Crippen LogP contribution in [0.5, 0.6) is 0 Å². The number of hydrogen-bond acceptors (Lipinski definition) is 4. The predicted octanol–water partition coefficient (Wildman–Crippen LogP) is 1.43. The highest BCUT2D eigenvalue weighted by Crippen LogP contribution is 2.36. The molecule has 0 heterocycles. The Morgan fingerprint density at radius 2 is 2.00 bits per heavy atom. The number of carboxylic acids is 1. The second-order valence-electron chi connectivity index (χ2n) is 4.81. The summed E-state index contributed by atoms with van der Waals surface area (Å²) in [7, 11) is -4.19. The molecule has 7 heteroatoms. The van der Waals surface area contributed by atoms with Crippen LogP contribution in [0.1, 0.15) is 5.56 Å². The minimum atomic E-state index is -4.19. The van der Waals surface area contributed by atoms with E-state index < -0.39 is 26.7 Å². The van der Waals surface area contributed by atoms with Gasteiger partial charge in [0.1, 0.15) is 0 Å². The van der Waals surface area contributed by atoms with Gasteiger partial charge in [0.05, 0.1) is 0 Å². The Morgan fingerprint density at radius 1 is 1.38 bits per heavy atom. The average molecular weight is 311 g/mol. The van der Waals surface area contributed by atoms with E-state index >= 15 is 0 Å². The Balaban J connectivity index is 2.55. The van der Waals surface area contributed by atoms with Gasteiger partial charge in [0.2, 0.25) is 4.75 Å². The molecule has 0 amide bonds. The van der Waals surface area contributed by atoms with Gasteiger partial charge in [-0.15, -0.1) is 0 Å². The van der Waals surface area contributed by atoms with Crippen molar-refractivity contribution in [1.29, 1.82) is 0 Å². The Labute approximate surface area is 121 Å². The molecule has 0 spiro atoms. The van der Waals surface area contributed by atoms with Crippen LogP contribution in [0.4, 0.5) is 10.1 Å². The number of rotatable bonds is 3. The van der Waals surface area contributed by atoms with Crippen molar-refractivity contribution in [3.05, 3.63) is 48.1 Å². The lowest BCUT2D eigenvalue weighted by atomic mass is 9.90. The highest BCUT2D eigenvalue weighted by Gasteiger charge is 2.54. The summed E-state index contributed by atoms with van der Waals surface area (Å²) in [5.74, 6) is -1.75. The normalized spacial score (nSPS) is 25.4. The van der Waals surface area contributed by atoms with Gasteiger partial charge >= 0.3 is 5.97 Å². The molecule has 1 aliphatic carbocycles. The number of para-hydroxylation sites is 1. The lowest BCUT2D eigenvalue weighted by Crippen LogP contribution is -2.52. The third-order valence-corrected chi connectivity index (χ3v) is 5.23. The number of benzene rings is 1. The summed E-state index contributed by atoms with van der Waals surface area (Å²) in [6.45, 7) is 0. The van der Waals surface area contributed by atoms with E-state index in [4.69, 9.17) is 5.73 Å². The van der Waals surface area contributed by atoms with Crippen LogP contribution >= 0.6 is 0 Å². The van der Waals surface area contributed by atoms with Gasteiger partial charge in [-0.05, 0) is 23.8 Å². The fraction of sp³-hybridized carbons (Fsp3) is 0.214. The van der Waals surface area contributed by atoms with Crippen LogP contribution < -0.4 is 5.73 Å². The Kier molecular flexibility index (Phi) is 3.63. The smallest absolute Gasteiger partial charge is 0.332 e. The van der Waals surface area contributed by atoms with Crippen LogP contribution in [0.25, 0.3) is 5.57 Å². The molecular weight excluding hydrogens is 297 g/mol. The van der Waals surface area contributed by atoms with Crippen molar-refractivity contribution >= 4 is 27.1 Å². The van der Waals surface area contributed by atoms with E-state index in [1.807, 2.05) is 0 Å². The van der Waals surface area contributed by atoms with E-state index in [1.54, 1.807) is 24.3 Å². The monoisotopic (exact) mass is 311 g/mol. The molecule has 0 radical (unpaired) electrons. The molecule has 1 aromatic rings. The van der Waals surface area contributed by atoms with Crippen molar-refractivity contribution in [2.75, 3.05) is 12.0 Å². The van der Waals surface area contributed by atoms with E-state index in [-0.39, 0.29) is 0 Å². The zero-order valence-corrected chi connectivity index (χ0v) is 12.0. The van der Waals surface area contributed by atoms with Gasteiger partial charge in [0.25, 0.3) is 0 Å². The number of carboxylic acid groups (broad SMARTS) is 1. The molecule has 0 saturated heterocycles. The first-order valence-corrected chi connectivity index (χ1v) is 7.92. The number of allylic oxidation sites excluding steroid dienone is 3. The zero-order chi connectivity index (χ0) is 15.8. The lowest BCUT2D eigenvalue weighted by Gasteiger charge is -2.29. The summed E-state index contributed by atoms with van der Waals surface area (Å²) in [6, 6.07) is 6.67. The number of aliphatic carboxylic acids is 1. The highest BCUT2D eigenvalue weighted by atomic mass is 32.2. The molecule has 112 valence electrons. The molecule has 0 saturated carbocycles. The standard InChI is InChI=1S/C14H14FNO4S/c1-21(19,20)14(13(17)18)7-6-9(8-12(14)15)10-4-2-3-5-11(10)16/h2-8,12H,16H2,1H3,(H,17,18). The largest absolute Gasteiger partial charge is 0.480 e. The molecule has 5 nitrogen and oxygen atoms in total. The second-order valence-corrected chi connectivity index (χ2v) is 7.03.